The zero-order chi connectivity index (χ0) is 19.0. The fourth-order valence-electron chi connectivity index (χ4n) is 3.00. The van der Waals surface area contributed by atoms with Crippen molar-refractivity contribution in [2.75, 3.05) is 11.3 Å². The van der Waals surface area contributed by atoms with Gasteiger partial charge in [0.1, 0.15) is 4.21 Å². The number of nitrogens with one attached hydrogen (secondary N) is 1. The van der Waals surface area contributed by atoms with Gasteiger partial charge in [-0.2, -0.15) is 0 Å². The molecule has 27 heavy (non-hydrogen) atoms. The number of nitrogens with zero attached hydrogens (tertiary/aromatic N) is 1. The lowest BCUT2D eigenvalue weighted by molar-refractivity contribution is 0.0702. The molecular weight excluding hydrogens is 408 g/mol. The number of rotatable bonds is 4. The minimum absolute atomic E-state index is 0.153. The van der Waals surface area contributed by atoms with E-state index in [2.05, 4.69) is 4.72 Å². The van der Waals surface area contributed by atoms with Gasteiger partial charge in [-0.05, 0) is 53.9 Å². The maximum Gasteiger partial charge on any atom is 0.289 e. The maximum atomic E-state index is 12.5. The van der Waals surface area contributed by atoms with Crippen molar-refractivity contribution in [3.63, 3.8) is 0 Å². The first kappa shape index (κ1) is 18.1. The molecule has 1 N–H and O–H groups in total. The molecule has 1 amide bonds. The summed E-state index contributed by atoms with van der Waals surface area (Å²) >= 11 is 6.83. The smallest absolute Gasteiger partial charge is 0.289 e. The summed E-state index contributed by atoms with van der Waals surface area (Å²) in [7, 11) is -3.70. The van der Waals surface area contributed by atoms with Crippen LogP contribution in [0, 0.1) is 0 Å². The van der Waals surface area contributed by atoms with Crippen LogP contribution in [0.4, 0.5) is 5.69 Å². The van der Waals surface area contributed by atoms with Crippen LogP contribution in [0.1, 0.15) is 21.7 Å². The minimum Gasteiger partial charge on any atom is -0.459 e. The summed E-state index contributed by atoms with van der Waals surface area (Å²) in [5, 5.41) is 0. The van der Waals surface area contributed by atoms with Crippen LogP contribution in [0.15, 0.2) is 57.4 Å². The second kappa shape index (κ2) is 7.03. The lowest BCUT2D eigenvalue weighted by atomic mass is 9.99. The summed E-state index contributed by atoms with van der Waals surface area (Å²) in [6.07, 6.45) is 2.17. The summed E-state index contributed by atoms with van der Waals surface area (Å²) < 4.78 is 33.3. The van der Waals surface area contributed by atoms with Crippen LogP contribution in [-0.4, -0.2) is 25.8 Å². The van der Waals surface area contributed by atoms with E-state index in [9.17, 15) is 13.2 Å². The largest absolute Gasteiger partial charge is 0.459 e. The molecular formula is C18H15ClN2O4S2. The van der Waals surface area contributed by atoms with E-state index in [-0.39, 0.29) is 10.1 Å². The zero-order valence-corrected chi connectivity index (χ0v) is 16.4. The molecule has 140 valence electrons. The van der Waals surface area contributed by atoms with Crippen LogP contribution in [-0.2, 0) is 23.0 Å². The first-order valence-electron chi connectivity index (χ1n) is 8.15. The highest BCUT2D eigenvalue weighted by Crippen LogP contribution is 2.29. The number of amides is 1. The van der Waals surface area contributed by atoms with Crippen LogP contribution >= 0.6 is 22.9 Å². The summed E-state index contributed by atoms with van der Waals surface area (Å²) in [4.78, 5) is 14.2. The molecule has 3 aromatic rings. The van der Waals surface area contributed by atoms with Crippen molar-refractivity contribution in [2.24, 2.45) is 0 Å². The number of halogens is 1. The van der Waals surface area contributed by atoms with Gasteiger partial charge in [-0.3, -0.25) is 9.52 Å². The monoisotopic (exact) mass is 422 g/mol. The molecule has 0 unspecified atom stereocenters. The van der Waals surface area contributed by atoms with Crippen LogP contribution in [0.5, 0.6) is 0 Å². The number of hydrogen-bond donors (Lipinski definition) is 1. The van der Waals surface area contributed by atoms with Crippen molar-refractivity contribution in [3.05, 3.63) is 70.0 Å². The number of benzene rings is 1. The third-order valence-corrected chi connectivity index (χ3v) is 7.41. The molecule has 1 aliphatic heterocycles. The molecule has 0 atom stereocenters. The van der Waals surface area contributed by atoms with Crippen LogP contribution < -0.4 is 4.72 Å². The number of fused-ring (bicyclic) bond motifs is 1. The van der Waals surface area contributed by atoms with E-state index in [0.717, 1.165) is 22.5 Å². The number of anilines is 1. The van der Waals surface area contributed by atoms with Gasteiger partial charge in [0, 0.05) is 18.8 Å². The van der Waals surface area contributed by atoms with Crippen molar-refractivity contribution < 1.29 is 17.6 Å². The Labute approximate surface area is 165 Å². The second-order valence-electron chi connectivity index (χ2n) is 6.10. The summed E-state index contributed by atoms with van der Waals surface area (Å²) in [5.41, 5.74) is 2.46. The van der Waals surface area contributed by atoms with Gasteiger partial charge >= 0.3 is 0 Å². The molecule has 0 fully saturated rings. The lowest BCUT2D eigenvalue weighted by Crippen LogP contribution is -2.35. The highest BCUT2D eigenvalue weighted by Gasteiger charge is 2.24. The summed E-state index contributed by atoms with van der Waals surface area (Å²) in [6.45, 7) is 0.987. The average molecular weight is 423 g/mol. The molecule has 6 nitrogen and oxygen atoms in total. The van der Waals surface area contributed by atoms with E-state index in [1.807, 2.05) is 6.07 Å². The highest BCUT2D eigenvalue weighted by molar-refractivity contribution is 7.94. The van der Waals surface area contributed by atoms with Crippen LogP contribution in [0.2, 0.25) is 4.34 Å². The van der Waals surface area contributed by atoms with E-state index in [4.69, 9.17) is 16.0 Å². The van der Waals surface area contributed by atoms with Gasteiger partial charge in [-0.15, -0.1) is 11.3 Å². The second-order valence-corrected chi connectivity index (χ2v) is 9.73. The minimum atomic E-state index is -3.70. The van der Waals surface area contributed by atoms with Gasteiger partial charge < -0.3 is 9.32 Å². The first-order chi connectivity index (χ1) is 12.9. The Morgan fingerprint density at radius 3 is 2.74 bits per heavy atom. The number of carbonyl (C=O) groups is 1. The lowest BCUT2D eigenvalue weighted by Gasteiger charge is -2.28. The Morgan fingerprint density at radius 2 is 2.04 bits per heavy atom. The van der Waals surface area contributed by atoms with Gasteiger partial charge in [-0.25, -0.2) is 8.42 Å². The highest BCUT2D eigenvalue weighted by atomic mass is 35.5. The van der Waals surface area contributed by atoms with Crippen LogP contribution in [0.3, 0.4) is 0 Å². The molecule has 3 heterocycles. The third-order valence-electron chi connectivity index (χ3n) is 4.30. The van der Waals surface area contributed by atoms with Gasteiger partial charge in [-0.1, -0.05) is 17.7 Å². The molecule has 9 heteroatoms. The number of thiophene rings is 1. The SMILES string of the molecule is O=C(c1ccco1)N1CCc2ccc(NS(=O)(=O)c3ccc(Cl)s3)cc2C1. The quantitative estimate of drug-likeness (QED) is 0.689. The maximum absolute atomic E-state index is 12.5. The Bertz CT molecular complexity index is 1090. The predicted molar refractivity (Wildman–Crippen MR) is 104 cm³/mol. The normalized spacial score (nSPS) is 14.0. The fourth-order valence-corrected chi connectivity index (χ4v) is 5.53. The van der Waals surface area contributed by atoms with Crippen molar-refractivity contribution in [1.29, 1.82) is 0 Å². The molecule has 2 aromatic heterocycles. The van der Waals surface area contributed by atoms with Crippen molar-refractivity contribution in [2.45, 2.75) is 17.2 Å². The predicted octanol–water partition coefficient (Wildman–Crippen LogP) is 3.99. The molecule has 4 rings (SSSR count). The van der Waals surface area contributed by atoms with Crippen LogP contribution in [0.25, 0.3) is 0 Å². The number of carbonyl (C=O) groups excluding carboxylic acids is 1. The molecule has 0 radical (unpaired) electrons. The molecule has 0 aliphatic carbocycles. The first-order valence-corrected chi connectivity index (χ1v) is 10.8. The fraction of sp³-hybridized carbons (Fsp3) is 0.167. The number of sulfonamides is 1. The molecule has 0 bridgehead atoms. The third kappa shape index (κ3) is 3.73. The van der Waals surface area contributed by atoms with Crippen molar-refractivity contribution in [1.82, 2.24) is 4.90 Å². The van der Waals surface area contributed by atoms with E-state index in [1.54, 1.807) is 35.2 Å². The molecule has 0 spiro atoms. The number of furan rings is 1. The van der Waals surface area contributed by atoms with E-state index >= 15 is 0 Å². The Kier molecular flexibility index (Phi) is 4.71. The van der Waals surface area contributed by atoms with Crippen molar-refractivity contribution >= 4 is 44.6 Å². The summed E-state index contributed by atoms with van der Waals surface area (Å²) in [5.74, 6) is 0.120. The Morgan fingerprint density at radius 1 is 1.19 bits per heavy atom. The van der Waals surface area contributed by atoms with Gasteiger partial charge in [0.25, 0.3) is 15.9 Å². The van der Waals surface area contributed by atoms with Crippen molar-refractivity contribution in [3.8, 4) is 0 Å². The van der Waals surface area contributed by atoms with E-state index in [1.165, 1.54) is 12.3 Å². The molecule has 0 saturated carbocycles. The topological polar surface area (TPSA) is 79.6 Å². The summed E-state index contributed by atoms with van der Waals surface area (Å²) in [6, 6.07) is 11.7. The molecule has 1 aliphatic rings. The van der Waals surface area contributed by atoms with E-state index in [0.29, 0.717) is 35.3 Å². The Hall–Kier alpha value is -2.29. The average Bonchev–Trinajstić information content (AvgIpc) is 3.32. The van der Waals surface area contributed by atoms with Gasteiger partial charge in [0.2, 0.25) is 0 Å². The molecule has 0 saturated heterocycles. The number of hydrogen-bond acceptors (Lipinski definition) is 5. The van der Waals surface area contributed by atoms with E-state index < -0.39 is 10.0 Å². The van der Waals surface area contributed by atoms with Gasteiger partial charge in [0.15, 0.2) is 5.76 Å². The molecule has 1 aromatic carbocycles. The Balaban J connectivity index is 1.55. The standard InChI is InChI=1S/C18H15ClN2O4S2/c19-16-5-6-17(26-16)27(23,24)20-14-4-3-12-7-8-21(11-13(12)10-14)18(22)15-2-1-9-25-15/h1-6,9-10,20H,7-8,11H2. The zero-order valence-electron chi connectivity index (χ0n) is 14.0. The van der Waals surface area contributed by atoms with Gasteiger partial charge in [0.05, 0.1) is 10.6 Å².